The maximum absolute atomic E-state index is 9.75. The number of fused-ring (bicyclic) bond motifs is 1. The maximum atomic E-state index is 9.75. The first-order chi connectivity index (χ1) is 6.33. The van der Waals surface area contributed by atoms with Gasteiger partial charge in [0.05, 0.1) is 6.10 Å². The summed E-state index contributed by atoms with van der Waals surface area (Å²) in [5, 5.41) is 12.2. The van der Waals surface area contributed by atoms with Crippen LogP contribution in [0.1, 0.15) is 19.8 Å². The number of hydrogen-bond acceptors (Lipinski definition) is 1. The second kappa shape index (κ2) is 3.35. The van der Waals surface area contributed by atoms with Crippen molar-refractivity contribution in [3.63, 3.8) is 0 Å². The lowest BCUT2D eigenvalue weighted by molar-refractivity contribution is 0.234. The summed E-state index contributed by atoms with van der Waals surface area (Å²) in [7, 11) is 0. The summed E-state index contributed by atoms with van der Waals surface area (Å²) in [4.78, 5) is 0. The number of aliphatic hydroxyl groups is 1. The smallest absolute Gasteiger partial charge is 0.0793 e. The molecular formula is C12H14O. The molecule has 13 heavy (non-hydrogen) atoms. The lowest BCUT2D eigenvalue weighted by Crippen LogP contribution is -2.34. The quantitative estimate of drug-likeness (QED) is 0.667. The van der Waals surface area contributed by atoms with Crippen LogP contribution in [0.25, 0.3) is 11.6 Å². The van der Waals surface area contributed by atoms with E-state index < -0.39 is 0 Å². The Morgan fingerprint density at radius 2 is 2.15 bits per heavy atom. The summed E-state index contributed by atoms with van der Waals surface area (Å²) < 4.78 is 0. The van der Waals surface area contributed by atoms with Gasteiger partial charge in [-0.05, 0) is 28.9 Å². The largest absolute Gasteiger partial charge is 0.388 e. The van der Waals surface area contributed by atoms with E-state index in [1.54, 1.807) is 0 Å². The van der Waals surface area contributed by atoms with Gasteiger partial charge in [0.25, 0.3) is 0 Å². The zero-order valence-corrected chi connectivity index (χ0v) is 7.83. The van der Waals surface area contributed by atoms with Gasteiger partial charge in [-0.25, -0.2) is 0 Å². The third kappa shape index (κ3) is 1.40. The topological polar surface area (TPSA) is 20.2 Å². The fraction of sp³-hybridized carbons (Fsp3) is 0.333. The molecule has 0 fully saturated rings. The molecule has 0 aliphatic heterocycles. The van der Waals surface area contributed by atoms with Crippen molar-refractivity contribution >= 4 is 11.6 Å². The van der Waals surface area contributed by atoms with Crippen molar-refractivity contribution in [3.05, 3.63) is 34.7 Å². The van der Waals surface area contributed by atoms with Gasteiger partial charge in [0.1, 0.15) is 0 Å². The van der Waals surface area contributed by atoms with Gasteiger partial charge < -0.3 is 5.11 Å². The summed E-state index contributed by atoms with van der Waals surface area (Å²) in [6.07, 6.45) is 3.55. The van der Waals surface area contributed by atoms with Gasteiger partial charge in [0.15, 0.2) is 0 Å². The Bertz CT molecular complexity index is 417. The van der Waals surface area contributed by atoms with Crippen LogP contribution in [-0.4, -0.2) is 11.2 Å². The molecule has 0 saturated heterocycles. The molecule has 1 heteroatoms. The Kier molecular flexibility index (Phi) is 2.19. The second-order valence-electron chi connectivity index (χ2n) is 3.42. The predicted molar refractivity (Wildman–Crippen MR) is 54.5 cm³/mol. The summed E-state index contributed by atoms with van der Waals surface area (Å²) >= 11 is 0. The highest BCUT2D eigenvalue weighted by Gasteiger charge is 2.11. The number of rotatable bonds is 1. The number of benzene rings is 1. The van der Waals surface area contributed by atoms with E-state index >= 15 is 0 Å². The first-order valence-corrected chi connectivity index (χ1v) is 4.79. The summed E-state index contributed by atoms with van der Waals surface area (Å²) in [6.45, 7) is 2.10. The summed E-state index contributed by atoms with van der Waals surface area (Å²) in [6, 6.07) is 8.27. The van der Waals surface area contributed by atoms with Crippen molar-refractivity contribution in [1.82, 2.24) is 0 Å². The van der Waals surface area contributed by atoms with E-state index in [1.807, 2.05) is 12.1 Å². The fourth-order valence-electron chi connectivity index (χ4n) is 1.95. The molecule has 1 atom stereocenters. The Hall–Kier alpha value is -1.08. The third-order valence-corrected chi connectivity index (χ3v) is 2.65. The molecule has 1 nitrogen and oxygen atoms in total. The van der Waals surface area contributed by atoms with Crippen molar-refractivity contribution < 1.29 is 5.11 Å². The van der Waals surface area contributed by atoms with Crippen LogP contribution in [-0.2, 0) is 0 Å². The van der Waals surface area contributed by atoms with Crippen molar-refractivity contribution in [1.29, 1.82) is 0 Å². The van der Waals surface area contributed by atoms with Crippen LogP contribution in [0.3, 0.4) is 0 Å². The molecule has 1 aliphatic carbocycles. The standard InChI is InChI=1S/C12H14O/c1-2-10-11-6-4-3-5-9(11)7-8-12(10)13/h3-7,12-13H,2,8H2,1H3. The van der Waals surface area contributed by atoms with Gasteiger partial charge in [-0.15, -0.1) is 0 Å². The SMILES string of the molecule is CCC1=c2ccccc2=CCC1O. The van der Waals surface area contributed by atoms with Crippen LogP contribution in [0.5, 0.6) is 0 Å². The van der Waals surface area contributed by atoms with Crippen LogP contribution in [0, 0.1) is 0 Å². The molecule has 0 saturated carbocycles. The molecule has 0 amide bonds. The Morgan fingerprint density at radius 3 is 2.92 bits per heavy atom. The highest BCUT2D eigenvalue weighted by atomic mass is 16.3. The Morgan fingerprint density at radius 1 is 1.38 bits per heavy atom. The van der Waals surface area contributed by atoms with E-state index in [2.05, 4.69) is 25.1 Å². The van der Waals surface area contributed by atoms with Gasteiger partial charge in [0.2, 0.25) is 0 Å². The monoisotopic (exact) mass is 174 g/mol. The van der Waals surface area contributed by atoms with Gasteiger partial charge >= 0.3 is 0 Å². The van der Waals surface area contributed by atoms with Crippen LogP contribution in [0.4, 0.5) is 0 Å². The Labute approximate surface area is 78.0 Å². The van der Waals surface area contributed by atoms with Crippen molar-refractivity contribution in [3.8, 4) is 0 Å². The van der Waals surface area contributed by atoms with Crippen molar-refractivity contribution in [2.75, 3.05) is 0 Å². The van der Waals surface area contributed by atoms with Crippen LogP contribution >= 0.6 is 0 Å². The second-order valence-corrected chi connectivity index (χ2v) is 3.42. The summed E-state index contributed by atoms with van der Waals surface area (Å²) in [5.41, 5.74) is 1.18. The molecule has 1 aromatic rings. The number of aliphatic hydroxyl groups excluding tert-OH is 1. The van der Waals surface area contributed by atoms with E-state index in [-0.39, 0.29) is 6.10 Å². The zero-order chi connectivity index (χ0) is 9.26. The van der Waals surface area contributed by atoms with Crippen molar-refractivity contribution in [2.45, 2.75) is 25.9 Å². The fourth-order valence-corrected chi connectivity index (χ4v) is 1.95. The van der Waals surface area contributed by atoms with E-state index in [4.69, 9.17) is 0 Å². The lowest BCUT2D eigenvalue weighted by atomic mass is 9.95. The maximum Gasteiger partial charge on any atom is 0.0793 e. The van der Waals surface area contributed by atoms with E-state index in [0.29, 0.717) is 0 Å². The molecule has 1 aliphatic rings. The lowest BCUT2D eigenvalue weighted by Gasteiger charge is -2.15. The highest BCUT2D eigenvalue weighted by Crippen LogP contribution is 2.12. The molecule has 1 N–H and O–H groups in total. The Balaban J connectivity index is 2.78. The molecule has 1 aromatic carbocycles. The zero-order valence-electron chi connectivity index (χ0n) is 7.83. The minimum Gasteiger partial charge on any atom is -0.388 e. The predicted octanol–water partition coefficient (Wildman–Crippen LogP) is 0.792. The number of hydrogen-bond donors (Lipinski definition) is 1. The van der Waals surface area contributed by atoms with Gasteiger partial charge in [-0.1, -0.05) is 37.3 Å². The molecule has 0 radical (unpaired) electrons. The van der Waals surface area contributed by atoms with Gasteiger partial charge in [-0.2, -0.15) is 0 Å². The average molecular weight is 174 g/mol. The highest BCUT2D eigenvalue weighted by molar-refractivity contribution is 5.54. The molecule has 1 unspecified atom stereocenters. The van der Waals surface area contributed by atoms with Gasteiger partial charge in [0, 0.05) is 0 Å². The van der Waals surface area contributed by atoms with E-state index in [0.717, 1.165) is 12.8 Å². The van der Waals surface area contributed by atoms with Crippen molar-refractivity contribution in [2.24, 2.45) is 0 Å². The minimum atomic E-state index is -0.264. The van der Waals surface area contributed by atoms with E-state index in [1.165, 1.54) is 16.0 Å². The normalized spacial score (nSPS) is 20.8. The molecule has 68 valence electrons. The van der Waals surface area contributed by atoms with E-state index in [9.17, 15) is 5.11 Å². The minimum absolute atomic E-state index is 0.264. The van der Waals surface area contributed by atoms with Crippen LogP contribution in [0.2, 0.25) is 0 Å². The molecule has 0 aromatic heterocycles. The first-order valence-electron chi connectivity index (χ1n) is 4.79. The van der Waals surface area contributed by atoms with Gasteiger partial charge in [-0.3, -0.25) is 0 Å². The first kappa shape index (κ1) is 8.52. The average Bonchev–Trinajstić information content (AvgIpc) is 2.18. The molecule has 0 bridgehead atoms. The third-order valence-electron chi connectivity index (χ3n) is 2.65. The van der Waals surface area contributed by atoms with Crippen LogP contribution in [0.15, 0.2) is 24.3 Å². The molecular weight excluding hydrogens is 160 g/mol. The molecule has 0 spiro atoms. The molecule has 0 heterocycles. The van der Waals surface area contributed by atoms with Crippen LogP contribution < -0.4 is 10.4 Å². The molecule has 2 rings (SSSR count). The summed E-state index contributed by atoms with van der Waals surface area (Å²) in [5.74, 6) is 0.